The Bertz CT molecular complexity index is 210. The van der Waals surface area contributed by atoms with Crippen LogP contribution in [0.1, 0.15) is 46.5 Å². The molecular weight excluding hydrogens is 207 g/mol. The Hall–Kier alpha value is 0.107. The largest absolute Gasteiger partial charge is 0.411 e. The van der Waals surface area contributed by atoms with Crippen molar-refractivity contribution < 1.29 is 8.82 Å². The second kappa shape index (κ2) is 4.54. The van der Waals surface area contributed by atoms with E-state index in [1.807, 2.05) is 0 Å². The van der Waals surface area contributed by atoms with Gasteiger partial charge in [0.05, 0.1) is 6.10 Å². The maximum Gasteiger partial charge on any atom is 0.192 e. The normalized spacial score (nSPS) is 29.2. The van der Waals surface area contributed by atoms with Gasteiger partial charge in [-0.05, 0) is 31.0 Å². The van der Waals surface area contributed by atoms with Crippen LogP contribution in [0.3, 0.4) is 0 Å². The third kappa shape index (κ3) is 3.28. The monoisotopic (exact) mass is 232 g/mol. The Labute approximate surface area is 94.5 Å². The first kappa shape index (κ1) is 13.2. The minimum atomic E-state index is -1.77. The van der Waals surface area contributed by atoms with Crippen molar-refractivity contribution in [2.75, 3.05) is 0 Å². The Morgan fingerprint density at radius 1 is 1.13 bits per heavy atom. The van der Waals surface area contributed by atoms with Crippen molar-refractivity contribution in [2.24, 2.45) is 0 Å². The van der Waals surface area contributed by atoms with E-state index < -0.39 is 14.5 Å². The van der Waals surface area contributed by atoms with E-state index >= 15 is 0 Å². The van der Waals surface area contributed by atoms with Crippen molar-refractivity contribution in [3.05, 3.63) is 0 Å². The predicted molar refractivity (Wildman–Crippen MR) is 65.4 cm³/mol. The Morgan fingerprint density at radius 2 is 1.67 bits per heavy atom. The molecule has 3 heteroatoms. The van der Waals surface area contributed by atoms with E-state index in [2.05, 4.69) is 33.9 Å². The van der Waals surface area contributed by atoms with Gasteiger partial charge >= 0.3 is 0 Å². The molecule has 2 atom stereocenters. The van der Waals surface area contributed by atoms with Crippen LogP contribution in [-0.2, 0) is 4.43 Å². The fraction of sp³-hybridized carbons (Fsp3) is 1.00. The molecule has 90 valence electrons. The second-order valence-corrected chi connectivity index (χ2v) is 11.0. The molecule has 1 saturated carbocycles. The molecule has 0 spiro atoms. The molecular formula is C12H25FOSi. The average Bonchev–Trinajstić information content (AvgIpc) is 2.06. The topological polar surface area (TPSA) is 9.23 Å². The Kier molecular flexibility index (Phi) is 3.99. The van der Waals surface area contributed by atoms with Crippen LogP contribution in [0.4, 0.5) is 4.39 Å². The van der Waals surface area contributed by atoms with E-state index in [0.29, 0.717) is 6.42 Å². The summed E-state index contributed by atoms with van der Waals surface area (Å²) in [5.41, 5.74) is 0. The van der Waals surface area contributed by atoms with Crippen LogP contribution in [0.25, 0.3) is 0 Å². The first-order valence-electron chi connectivity index (χ1n) is 6.06. The van der Waals surface area contributed by atoms with Crippen molar-refractivity contribution >= 4 is 8.32 Å². The van der Waals surface area contributed by atoms with Crippen LogP contribution in [0, 0.1) is 0 Å². The molecule has 1 aliphatic carbocycles. The zero-order valence-electron chi connectivity index (χ0n) is 10.8. The summed E-state index contributed by atoms with van der Waals surface area (Å²) in [5, 5.41) is 0.185. The Balaban J connectivity index is 2.59. The number of alkyl halides is 1. The van der Waals surface area contributed by atoms with Crippen LogP contribution in [0.15, 0.2) is 0 Å². The molecule has 0 radical (unpaired) electrons. The van der Waals surface area contributed by atoms with Crippen molar-refractivity contribution in [2.45, 2.75) is 76.9 Å². The summed E-state index contributed by atoms with van der Waals surface area (Å²) >= 11 is 0. The van der Waals surface area contributed by atoms with Crippen molar-refractivity contribution in [3.63, 3.8) is 0 Å². The van der Waals surface area contributed by atoms with Gasteiger partial charge in [0.15, 0.2) is 8.32 Å². The second-order valence-electron chi connectivity index (χ2n) is 6.22. The maximum absolute atomic E-state index is 13.7. The van der Waals surface area contributed by atoms with E-state index in [4.69, 9.17) is 4.43 Å². The van der Waals surface area contributed by atoms with E-state index in [0.717, 1.165) is 19.3 Å². The molecule has 0 N–H and O–H groups in total. The zero-order chi connectivity index (χ0) is 11.7. The minimum Gasteiger partial charge on any atom is -0.411 e. The zero-order valence-corrected chi connectivity index (χ0v) is 11.8. The van der Waals surface area contributed by atoms with E-state index in [1.54, 1.807) is 0 Å². The molecule has 1 nitrogen and oxygen atoms in total. The van der Waals surface area contributed by atoms with Crippen LogP contribution < -0.4 is 0 Å². The molecule has 0 aromatic carbocycles. The summed E-state index contributed by atoms with van der Waals surface area (Å²) in [5.74, 6) is 0. The van der Waals surface area contributed by atoms with Gasteiger partial charge in [-0.15, -0.1) is 0 Å². The first-order chi connectivity index (χ1) is 6.74. The van der Waals surface area contributed by atoms with Crippen molar-refractivity contribution in [1.82, 2.24) is 0 Å². The quantitative estimate of drug-likeness (QED) is 0.645. The minimum absolute atomic E-state index is 0.125. The molecule has 1 fully saturated rings. The standard InChI is InChI=1S/C12H25FOSi/c1-12(2,3)15(4,5)14-11-9-7-6-8-10(11)13/h10-11H,6-9H2,1-5H3/t10-,11+/m0/s1. The van der Waals surface area contributed by atoms with Crippen LogP contribution in [-0.4, -0.2) is 20.6 Å². The van der Waals surface area contributed by atoms with Gasteiger partial charge in [0.25, 0.3) is 0 Å². The number of rotatable bonds is 2. The fourth-order valence-electron chi connectivity index (χ4n) is 1.74. The molecule has 1 aliphatic rings. The molecule has 0 unspecified atom stereocenters. The highest BCUT2D eigenvalue weighted by atomic mass is 28.4. The lowest BCUT2D eigenvalue weighted by Gasteiger charge is -2.41. The lowest BCUT2D eigenvalue weighted by Crippen LogP contribution is -2.47. The molecule has 0 saturated heterocycles. The number of hydrogen-bond acceptors (Lipinski definition) is 1. The molecule has 0 aliphatic heterocycles. The molecule has 0 amide bonds. The van der Waals surface area contributed by atoms with E-state index in [1.165, 1.54) is 0 Å². The summed E-state index contributed by atoms with van der Waals surface area (Å²) in [6.07, 6.45) is 2.90. The number of hydrogen-bond donors (Lipinski definition) is 0. The highest BCUT2D eigenvalue weighted by Crippen LogP contribution is 2.39. The summed E-state index contributed by atoms with van der Waals surface area (Å²) in [6.45, 7) is 11.0. The van der Waals surface area contributed by atoms with E-state index in [9.17, 15) is 4.39 Å². The molecule has 0 heterocycles. The molecule has 0 aromatic rings. The van der Waals surface area contributed by atoms with Gasteiger partial charge in [-0.2, -0.15) is 0 Å². The smallest absolute Gasteiger partial charge is 0.192 e. The highest BCUT2D eigenvalue weighted by molar-refractivity contribution is 6.74. The summed E-state index contributed by atoms with van der Waals surface area (Å²) in [6, 6.07) is 0. The van der Waals surface area contributed by atoms with Crippen molar-refractivity contribution in [3.8, 4) is 0 Å². The first-order valence-corrected chi connectivity index (χ1v) is 8.97. The molecule has 1 rings (SSSR count). The third-order valence-electron chi connectivity index (χ3n) is 3.87. The van der Waals surface area contributed by atoms with Crippen LogP contribution >= 0.6 is 0 Å². The highest BCUT2D eigenvalue weighted by Gasteiger charge is 2.41. The number of halogens is 1. The summed E-state index contributed by atoms with van der Waals surface area (Å²) in [7, 11) is -1.77. The van der Waals surface area contributed by atoms with Gasteiger partial charge in [0, 0.05) is 0 Å². The average molecular weight is 232 g/mol. The lowest BCUT2D eigenvalue weighted by atomic mass is 9.96. The predicted octanol–water partition coefficient (Wildman–Crippen LogP) is 4.29. The Morgan fingerprint density at radius 3 is 2.13 bits per heavy atom. The maximum atomic E-state index is 13.7. The molecule has 0 aromatic heterocycles. The summed E-state index contributed by atoms with van der Waals surface area (Å²) in [4.78, 5) is 0. The van der Waals surface area contributed by atoms with Crippen molar-refractivity contribution in [1.29, 1.82) is 0 Å². The SMILES string of the molecule is CC(C)(C)[Si](C)(C)O[C@@H]1CCCC[C@@H]1F. The van der Waals surface area contributed by atoms with Gasteiger partial charge in [-0.1, -0.05) is 33.6 Å². The van der Waals surface area contributed by atoms with Crippen LogP contribution in [0.2, 0.25) is 18.1 Å². The van der Waals surface area contributed by atoms with E-state index in [-0.39, 0.29) is 11.1 Å². The van der Waals surface area contributed by atoms with Gasteiger partial charge in [-0.25, -0.2) is 4.39 Å². The molecule has 15 heavy (non-hydrogen) atoms. The molecule has 0 bridgehead atoms. The summed E-state index contributed by atoms with van der Waals surface area (Å²) < 4.78 is 19.8. The van der Waals surface area contributed by atoms with Gasteiger partial charge in [0.1, 0.15) is 6.17 Å². The third-order valence-corrected chi connectivity index (χ3v) is 8.38. The van der Waals surface area contributed by atoms with Gasteiger partial charge in [-0.3, -0.25) is 0 Å². The van der Waals surface area contributed by atoms with Crippen LogP contribution in [0.5, 0.6) is 0 Å². The fourth-order valence-corrected chi connectivity index (χ4v) is 3.12. The van der Waals surface area contributed by atoms with Gasteiger partial charge < -0.3 is 4.43 Å². The van der Waals surface area contributed by atoms with Gasteiger partial charge in [0.2, 0.25) is 0 Å². The lowest BCUT2D eigenvalue weighted by molar-refractivity contribution is 0.0528.